The number of halogens is 1. The lowest BCUT2D eigenvalue weighted by Crippen LogP contribution is -2.33. The van der Waals surface area contributed by atoms with Crippen molar-refractivity contribution in [1.29, 1.82) is 0 Å². The molecule has 20 heavy (non-hydrogen) atoms. The predicted molar refractivity (Wildman–Crippen MR) is 90.4 cm³/mol. The van der Waals surface area contributed by atoms with Crippen LogP contribution < -0.4 is 0 Å². The van der Waals surface area contributed by atoms with Gasteiger partial charge >= 0.3 is 5.97 Å². The Morgan fingerprint density at radius 3 is 2.40 bits per heavy atom. The number of alkyl halides is 1. The van der Waals surface area contributed by atoms with Crippen molar-refractivity contribution >= 4 is 28.6 Å². The summed E-state index contributed by atoms with van der Waals surface area (Å²) in [5, 5.41) is 0. The molecule has 1 atom stereocenters. The molecule has 0 saturated heterocycles. The fraction of sp³-hybridized carbons (Fsp3) is 0.588. The molecule has 0 heterocycles. The van der Waals surface area contributed by atoms with Gasteiger partial charge in [0.2, 0.25) is 0 Å². The highest BCUT2D eigenvalue weighted by Gasteiger charge is 2.31. The van der Waals surface area contributed by atoms with Crippen molar-refractivity contribution in [2.75, 3.05) is 0 Å². The first-order valence-electron chi connectivity index (χ1n) is 7.51. The summed E-state index contributed by atoms with van der Waals surface area (Å²) in [6.07, 6.45) is 6.66. The molecule has 0 radical (unpaired) electrons. The van der Waals surface area contributed by atoms with Gasteiger partial charge in [0, 0.05) is 3.92 Å². The van der Waals surface area contributed by atoms with E-state index in [1.807, 2.05) is 24.3 Å². The molecule has 2 rings (SSSR count). The molecule has 1 aliphatic rings. The van der Waals surface area contributed by atoms with Gasteiger partial charge in [0.15, 0.2) is 0 Å². The minimum Gasteiger partial charge on any atom is -0.456 e. The molecule has 1 aromatic rings. The zero-order valence-corrected chi connectivity index (χ0v) is 14.5. The van der Waals surface area contributed by atoms with Crippen LogP contribution in [0.2, 0.25) is 0 Å². The third-order valence-electron chi connectivity index (χ3n) is 4.12. The molecule has 110 valence electrons. The van der Waals surface area contributed by atoms with E-state index in [0.29, 0.717) is 9.49 Å². The fourth-order valence-electron chi connectivity index (χ4n) is 2.75. The van der Waals surface area contributed by atoms with Gasteiger partial charge in [0.05, 0.1) is 5.56 Å². The Morgan fingerprint density at radius 2 is 1.85 bits per heavy atom. The van der Waals surface area contributed by atoms with E-state index < -0.39 is 0 Å². The van der Waals surface area contributed by atoms with Crippen LogP contribution >= 0.6 is 22.6 Å². The third kappa shape index (κ3) is 3.96. The van der Waals surface area contributed by atoms with E-state index in [0.717, 1.165) is 32.1 Å². The number of esters is 1. The quantitative estimate of drug-likeness (QED) is 0.391. The number of ether oxygens (including phenoxy) is 1. The molecular formula is C17H23IO2. The van der Waals surface area contributed by atoms with Gasteiger partial charge in [-0.25, -0.2) is 4.79 Å². The van der Waals surface area contributed by atoms with Crippen molar-refractivity contribution in [3.05, 3.63) is 35.4 Å². The zero-order chi connectivity index (χ0) is 14.6. The number of hydrogen-bond acceptors (Lipinski definition) is 2. The van der Waals surface area contributed by atoms with Crippen LogP contribution in [0.5, 0.6) is 0 Å². The Morgan fingerprint density at radius 1 is 1.25 bits per heavy atom. The minimum absolute atomic E-state index is 0.178. The average Bonchev–Trinajstić information content (AvgIpc) is 2.47. The fourth-order valence-corrected chi connectivity index (χ4v) is 3.16. The highest BCUT2D eigenvalue weighted by molar-refractivity contribution is 14.1. The normalized spacial score (nSPS) is 19.4. The lowest BCUT2D eigenvalue weighted by molar-refractivity contribution is -0.0269. The van der Waals surface area contributed by atoms with Crippen molar-refractivity contribution in [1.82, 2.24) is 0 Å². The van der Waals surface area contributed by atoms with E-state index in [9.17, 15) is 4.79 Å². The van der Waals surface area contributed by atoms with Crippen LogP contribution in [-0.2, 0) is 4.74 Å². The van der Waals surface area contributed by atoms with E-state index in [1.165, 1.54) is 12.0 Å². The number of rotatable bonds is 4. The molecule has 2 nitrogen and oxygen atoms in total. The molecule has 1 aliphatic carbocycles. The first kappa shape index (κ1) is 15.8. The van der Waals surface area contributed by atoms with Crippen LogP contribution in [0.25, 0.3) is 0 Å². The van der Waals surface area contributed by atoms with E-state index >= 15 is 0 Å². The molecule has 0 spiro atoms. The molecule has 1 fully saturated rings. The number of carbonyl (C=O) groups excluding carboxylic acids is 1. The molecule has 1 unspecified atom stereocenters. The van der Waals surface area contributed by atoms with Crippen LogP contribution in [-0.4, -0.2) is 11.6 Å². The lowest BCUT2D eigenvalue weighted by atomic mass is 9.86. The topological polar surface area (TPSA) is 26.3 Å². The van der Waals surface area contributed by atoms with Gasteiger partial charge in [-0.15, -0.1) is 0 Å². The highest BCUT2D eigenvalue weighted by Crippen LogP contribution is 2.32. The smallest absolute Gasteiger partial charge is 0.338 e. The zero-order valence-electron chi connectivity index (χ0n) is 12.3. The van der Waals surface area contributed by atoms with Gasteiger partial charge in [0.1, 0.15) is 5.60 Å². The molecular weight excluding hydrogens is 363 g/mol. The monoisotopic (exact) mass is 386 g/mol. The lowest BCUT2D eigenvalue weighted by Gasteiger charge is -2.33. The Kier molecular flexibility index (Phi) is 5.47. The first-order valence-corrected chi connectivity index (χ1v) is 8.76. The van der Waals surface area contributed by atoms with Gasteiger partial charge < -0.3 is 4.74 Å². The van der Waals surface area contributed by atoms with Gasteiger partial charge in [-0.3, -0.25) is 0 Å². The van der Waals surface area contributed by atoms with Gasteiger partial charge in [-0.1, -0.05) is 48.1 Å². The second kappa shape index (κ2) is 6.92. The first-order chi connectivity index (χ1) is 9.54. The second-order valence-corrected chi connectivity index (χ2v) is 7.40. The van der Waals surface area contributed by atoms with E-state index in [-0.39, 0.29) is 11.6 Å². The Hall–Kier alpha value is -0.580. The summed E-state index contributed by atoms with van der Waals surface area (Å²) in [6.45, 7) is 4.24. The van der Waals surface area contributed by atoms with E-state index in [4.69, 9.17) is 4.74 Å². The average molecular weight is 386 g/mol. The van der Waals surface area contributed by atoms with Crippen molar-refractivity contribution in [2.24, 2.45) is 0 Å². The minimum atomic E-state index is -0.261. The summed E-state index contributed by atoms with van der Waals surface area (Å²) in [4.78, 5) is 12.2. The summed E-state index contributed by atoms with van der Waals surface area (Å²) in [6, 6.07) is 7.87. The Bertz CT molecular complexity index is 447. The Labute approximate surface area is 135 Å². The van der Waals surface area contributed by atoms with Crippen LogP contribution in [0.1, 0.15) is 72.2 Å². The Balaban J connectivity index is 2.02. The van der Waals surface area contributed by atoms with Gasteiger partial charge in [-0.05, 0) is 56.7 Å². The number of hydrogen-bond donors (Lipinski definition) is 0. The maximum atomic E-state index is 12.2. The van der Waals surface area contributed by atoms with Crippen LogP contribution in [0.3, 0.4) is 0 Å². The second-order valence-electron chi connectivity index (χ2n) is 5.90. The third-order valence-corrected chi connectivity index (χ3v) is 5.72. The van der Waals surface area contributed by atoms with E-state index in [2.05, 4.69) is 36.4 Å². The molecule has 0 bridgehead atoms. The standard InChI is InChI=1S/C17H23IO2/c1-3-15(18)13-7-9-14(10-8-13)16(19)20-17(2)11-5-4-6-12-17/h7-10,15H,3-6,11-12H2,1-2H3. The van der Waals surface area contributed by atoms with Gasteiger partial charge in [-0.2, -0.15) is 0 Å². The summed E-state index contributed by atoms with van der Waals surface area (Å²) in [7, 11) is 0. The molecule has 0 amide bonds. The maximum Gasteiger partial charge on any atom is 0.338 e. The molecule has 0 aliphatic heterocycles. The summed E-state index contributed by atoms with van der Waals surface area (Å²) in [5.74, 6) is -0.178. The van der Waals surface area contributed by atoms with Crippen molar-refractivity contribution in [3.8, 4) is 0 Å². The number of benzene rings is 1. The van der Waals surface area contributed by atoms with Crippen LogP contribution in [0.15, 0.2) is 24.3 Å². The summed E-state index contributed by atoms with van der Waals surface area (Å²) >= 11 is 2.43. The van der Waals surface area contributed by atoms with Crippen LogP contribution in [0.4, 0.5) is 0 Å². The molecule has 1 aromatic carbocycles. The maximum absolute atomic E-state index is 12.2. The molecule has 1 saturated carbocycles. The molecule has 3 heteroatoms. The number of carbonyl (C=O) groups is 1. The summed E-state index contributed by atoms with van der Waals surface area (Å²) in [5.41, 5.74) is 1.68. The largest absolute Gasteiger partial charge is 0.456 e. The van der Waals surface area contributed by atoms with E-state index in [1.54, 1.807) is 0 Å². The van der Waals surface area contributed by atoms with Crippen molar-refractivity contribution < 1.29 is 9.53 Å². The predicted octanol–water partition coefficient (Wildman–Crippen LogP) is 5.45. The highest BCUT2D eigenvalue weighted by atomic mass is 127. The molecule has 0 aromatic heterocycles. The SMILES string of the molecule is CCC(I)c1ccc(C(=O)OC2(C)CCCCC2)cc1. The van der Waals surface area contributed by atoms with Crippen LogP contribution in [0, 0.1) is 0 Å². The summed E-state index contributed by atoms with van der Waals surface area (Å²) < 4.78 is 6.26. The van der Waals surface area contributed by atoms with Crippen molar-refractivity contribution in [3.63, 3.8) is 0 Å². The van der Waals surface area contributed by atoms with Crippen molar-refractivity contribution in [2.45, 2.75) is 61.9 Å². The molecule has 0 N–H and O–H groups in total. The van der Waals surface area contributed by atoms with Gasteiger partial charge in [0.25, 0.3) is 0 Å².